The van der Waals surface area contributed by atoms with Gasteiger partial charge >= 0.3 is 0 Å². The second-order valence-electron chi connectivity index (χ2n) is 5.44. The van der Waals surface area contributed by atoms with Gasteiger partial charge in [0, 0.05) is 11.8 Å². The van der Waals surface area contributed by atoms with Gasteiger partial charge in [0.05, 0.1) is 17.6 Å². The van der Waals surface area contributed by atoms with Crippen LogP contribution in [0.15, 0.2) is 39.8 Å². The van der Waals surface area contributed by atoms with Crippen molar-refractivity contribution in [1.29, 1.82) is 0 Å². The summed E-state index contributed by atoms with van der Waals surface area (Å²) < 4.78 is 28.8. The van der Waals surface area contributed by atoms with Gasteiger partial charge in [-0.3, -0.25) is 0 Å². The van der Waals surface area contributed by atoms with Crippen LogP contribution in [-0.4, -0.2) is 26.2 Å². The van der Waals surface area contributed by atoms with Crippen molar-refractivity contribution in [1.82, 2.24) is 10.3 Å². The van der Waals surface area contributed by atoms with Crippen LogP contribution in [-0.2, 0) is 16.4 Å². The second-order valence-corrected chi connectivity index (χ2v) is 7.46. The highest BCUT2D eigenvalue weighted by Gasteiger charge is 2.11. The molecule has 0 amide bonds. The molecule has 0 saturated carbocycles. The van der Waals surface area contributed by atoms with E-state index >= 15 is 0 Å². The van der Waals surface area contributed by atoms with Gasteiger partial charge in [-0.05, 0) is 24.6 Å². The van der Waals surface area contributed by atoms with Crippen molar-refractivity contribution in [3.05, 3.63) is 36.4 Å². The van der Waals surface area contributed by atoms with E-state index in [0.717, 1.165) is 6.54 Å². The van der Waals surface area contributed by atoms with Crippen LogP contribution in [0.1, 0.15) is 19.7 Å². The van der Waals surface area contributed by atoms with Crippen LogP contribution in [0.5, 0.6) is 0 Å². The molecule has 6 heteroatoms. The quantitative estimate of drug-likeness (QED) is 0.887. The van der Waals surface area contributed by atoms with Crippen molar-refractivity contribution in [2.45, 2.75) is 25.3 Å². The lowest BCUT2D eigenvalue weighted by Crippen LogP contribution is -2.18. The SMILES string of the molecule is CC(C)CNCc1ncc(-c2cccc(S(C)(=O)=O)c2)o1. The van der Waals surface area contributed by atoms with Crippen LogP contribution in [0, 0.1) is 5.92 Å². The minimum absolute atomic E-state index is 0.274. The highest BCUT2D eigenvalue weighted by molar-refractivity contribution is 7.90. The van der Waals surface area contributed by atoms with Crippen molar-refractivity contribution in [2.75, 3.05) is 12.8 Å². The third kappa shape index (κ3) is 4.41. The molecule has 114 valence electrons. The first kappa shape index (κ1) is 15.7. The number of nitrogens with one attached hydrogen (secondary N) is 1. The Kier molecular flexibility index (Phi) is 4.80. The van der Waals surface area contributed by atoms with Gasteiger partial charge in [-0.1, -0.05) is 26.0 Å². The van der Waals surface area contributed by atoms with Crippen LogP contribution >= 0.6 is 0 Å². The molecule has 0 atom stereocenters. The zero-order valence-corrected chi connectivity index (χ0v) is 13.3. The van der Waals surface area contributed by atoms with E-state index < -0.39 is 9.84 Å². The molecule has 0 aliphatic heterocycles. The maximum Gasteiger partial charge on any atom is 0.208 e. The molecule has 0 unspecified atom stereocenters. The summed E-state index contributed by atoms with van der Waals surface area (Å²) in [6, 6.07) is 6.67. The monoisotopic (exact) mass is 308 g/mol. The minimum atomic E-state index is -3.22. The van der Waals surface area contributed by atoms with E-state index in [1.807, 2.05) is 0 Å². The number of oxazole rings is 1. The van der Waals surface area contributed by atoms with Gasteiger partial charge in [-0.25, -0.2) is 13.4 Å². The van der Waals surface area contributed by atoms with Crippen molar-refractivity contribution < 1.29 is 12.8 Å². The fourth-order valence-corrected chi connectivity index (χ4v) is 2.54. The Morgan fingerprint density at radius 2 is 2.10 bits per heavy atom. The van der Waals surface area contributed by atoms with Crippen molar-refractivity contribution >= 4 is 9.84 Å². The molecule has 0 radical (unpaired) electrons. The smallest absolute Gasteiger partial charge is 0.208 e. The summed E-state index contributed by atoms with van der Waals surface area (Å²) in [7, 11) is -3.22. The summed E-state index contributed by atoms with van der Waals surface area (Å²) in [6.45, 7) is 5.71. The number of sulfone groups is 1. The average Bonchev–Trinajstić information content (AvgIpc) is 2.86. The van der Waals surface area contributed by atoms with Gasteiger partial charge in [-0.2, -0.15) is 0 Å². The van der Waals surface area contributed by atoms with Crippen LogP contribution in [0.25, 0.3) is 11.3 Å². The van der Waals surface area contributed by atoms with Gasteiger partial charge in [0.2, 0.25) is 5.89 Å². The van der Waals surface area contributed by atoms with Crippen LogP contribution in [0.4, 0.5) is 0 Å². The number of hydrogen-bond acceptors (Lipinski definition) is 5. The van der Waals surface area contributed by atoms with Crippen molar-refractivity contribution in [3.8, 4) is 11.3 Å². The largest absolute Gasteiger partial charge is 0.439 e. The van der Waals surface area contributed by atoms with Gasteiger partial charge in [0.25, 0.3) is 0 Å². The second kappa shape index (κ2) is 6.41. The Balaban J connectivity index is 2.14. The first-order chi connectivity index (χ1) is 9.86. The Labute approximate surface area is 125 Å². The fraction of sp³-hybridized carbons (Fsp3) is 0.400. The molecule has 1 aromatic carbocycles. The molecule has 2 aromatic rings. The number of aromatic nitrogens is 1. The van der Waals surface area contributed by atoms with E-state index in [-0.39, 0.29) is 4.90 Å². The Morgan fingerprint density at radius 1 is 1.33 bits per heavy atom. The van der Waals surface area contributed by atoms with Crippen molar-refractivity contribution in [2.24, 2.45) is 5.92 Å². The van der Waals surface area contributed by atoms with Crippen LogP contribution < -0.4 is 5.32 Å². The summed E-state index contributed by atoms with van der Waals surface area (Å²) in [5.41, 5.74) is 0.709. The molecule has 21 heavy (non-hydrogen) atoms. The van der Waals surface area contributed by atoms with Crippen molar-refractivity contribution in [3.63, 3.8) is 0 Å². The molecule has 2 rings (SSSR count). The molecular weight excluding hydrogens is 288 g/mol. The maximum absolute atomic E-state index is 11.6. The zero-order valence-electron chi connectivity index (χ0n) is 12.5. The third-order valence-corrected chi connectivity index (χ3v) is 4.04. The molecule has 0 aliphatic rings. The van der Waals surface area contributed by atoms with E-state index in [1.54, 1.807) is 30.5 Å². The molecule has 1 N–H and O–H groups in total. The van der Waals surface area contributed by atoms with Gasteiger partial charge in [0.1, 0.15) is 0 Å². The number of nitrogens with zero attached hydrogens (tertiary/aromatic N) is 1. The average molecular weight is 308 g/mol. The molecule has 1 aromatic heterocycles. The molecule has 1 heterocycles. The van der Waals surface area contributed by atoms with E-state index in [0.29, 0.717) is 29.7 Å². The highest BCUT2D eigenvalue weighted by atomic mass is 32.2. The van der Waals surface area contributed by atoms with Gasteiger partial charge in [-0.15, -0.1) is 0 Å². The standard InChI is InChI=1S/C15H20N2O3S/c1-11(2)8-16-10-15-17-9-14(20-15)12-5-4-6-13(7-12)21(3,18)19/h4-7,9,11,16H,8,10H2,1-3H3. The summed E-state index contributed by atoms with van der Waals surface area (Å²) in [4.78, 5) is 4.48. The lowest BCUT2D eigenvalue weighted by molar-refractivity contribution is 0.459. The van der Waals surface area contributed by atoms with Gasteiger partial charge < -0.3 is 9.73 Å². The molecule has 0 aliphatic carbocycles. The Morgan fingerprint density at radius 3 is 2.76 bits per heavy atom. The molecule has 0 spiro atoms. The normalized spacial score (nSPS) is 12.0. The summed E-state index contributed by atoms with van der Waals surface area (Å²) in [5, 5.41) is 3.25. The minimum Gasteiger partial charge on any atom is -0.439 e. The molecule has 0 bridgehead atoms. The first-order valence-electron chi connectivity index (χ1n) is 6.82. The highest BCUT2D eigenvalue weighted by Crippen LogP contribution is 2.23. The fourth-order valence-electron chi connectivity index (χ4n) is 1.87. The molecule has 0 fully saturated rings. The molecular formula is C15H20N2O3S. The summed E-state index contributed by atoms with van der Waals surface area (Å²) in [5.74, 6) is 1.73. The van der Waals surface area contributed by atoms with E-state index in [9.17, 15) is 8.42 Å². The van der Waals surface area contributed by atoms with Crippen LogP contribution in [0.3, 0.4) is 0 Å². The number of hydrogen-bond donors (Lipinski definition) is 1. The predicted octanol–water partition coefficient (Wildman–Crippen LogP) is 2.49. The molecule has 5 nitrogen and oxygen atoms in total. The summed E-state index contributed by atoms with van der Waals surface area (Å²) >= 11 is 0. The zero-order chi connectivity index (χ0) is 15.5. The topological polar surface area (TPSA) is 72.2 Å². The van der Waals surface area contributed by atoms with E-state index in [1.165, 1.54) is 6.26 Å². The lowest BCUT2D eigenvalue weighted by Gasteiger charge is -2.04. The van der Waals surface area contributed by atoms with Crippen LogP contribution in [0.2, 0.25) is 0 Å². The van der Waals surface area contributed by atoms with E-state index in [4.69, 9.17) is 4.42 Å². The molecule has 0 saturated heterocycles. The number of benzene rings is 1. The summed E-state index contributed by atoms with van der Waals surface area (Å²) in [6.07, 6.45) is 2.81. The predicted molar refractivity (Wildman–Crippen MR) is 81.6 cm³/mol. The third-order valence-electron chi connectivity index (χ3n) is 2.93. The van der Waals surface area contributed by atoms with E-state index in [2.05, 4.69) is 24.1 Å². The first-order valence-corrected chi connectivity index (χ1v) is 8.71. The lowest BCUT2D eigenvalue weighted by atomic mass is 10.2. The Hall–Kier alpha value is -1.66. The maximum atomic E-state index is 11.6. The van der Waals surface area contributed by atoms with Gasteiger partial charge in [0.15, 0.2) is 15.6 Å². The number of rotatable bonds is 6. The Bertz CT molecular complexity index is 705.